The predicted octanol–water partition coefficient (Wildman–Crippen LogP) is 3.93. The van der Waals surface area contributed by atoms with Gasteiger partial charge in [-0.2, -0.15) is 4.98 Å². The lowest BCUT2D eigenvalue weighted by atomic mass is 10.1. The molecule has 1 aliphatic rings. The van der Waals surface area contributed by atoms with Crippen molar-refractivity contribution >= 4 is 54.8 Å². The zero-order valence-electron chi connectivity index (χ0n) is 26.3. The average molecular weight is 629 g/mol. The van der Waals surface area contributed by atoms with E-state index in [4.69, 9.17) is 14.7 Å². The number of alkyl carbamates (subject to hydrolysis) is 1. The highest BCUT2D eigenvalue weighted by Crippen LogP contribution is 2.33. The van der Waals surface area contributed by atoms with Crippen molar-refractivity contribution < 1.29 is 9.53 Å². The first-order valence-corrected chi connectivity index (χ1v) is 15.8. The molecule has 0 spiro atoms. The van der Waals surface area contributed by atoms with Gasteiger partial charge in [-0.1, -0.05) is 24.1 Å². The van der Waals surface area contributed by atoms with Crippen LogP contribution in [-0.2, 0) is 24.9 Å². The molecule has 0 aliphatic carbocycles. The molecule has 1 saturated heterocycles. The standard InChI is InChI=1S/C32H36N8O4S/c1-7-8-16-39-25-27(36-29(39)38-15-11-12-20(17-38)34-30(42)44-32(3,4)5)37(6)31(43)40(28(25)41)18-23-33-19(2)26-24(35-23)21-13-9-10-14-22(21)45-26/h9-10,13-14,20H,11-12,15-18H2,1-6H3,(H,34,42)/t20-/m1/s1. The number of carbonyl (C=O) groups is 1. The Labute approximate surface area is 263 Å². The summed E-state index contributed by atoms with van der Waals surface area (Å²) in [6.07, 6.45) is 1.10. The second kappa shape index (κ2) is 11.7. The minimum atomic E-state index is -0.608. The van der Waals surface area contributed by atoms with Gasteiger partial charge in [-0.05, 0) is 53.5 Å². The number of benzene rings is 1. The van der Waals surface area contributed by atoms with Gasteiger partial charge in [0.15, 0.2) is 11.2 Å². The van der Waals surface area contributed by atoms with E-state index in [1.807, 2.05) is 56.9 Å². The van der Waals surface area contributed by atoms with Crippen LogP contribution in [0.5, 0.6) is 0 Å². The number of piperidine rings is 1. The molecule has 1 aliphatic heterocycles. The zero-order chi connectivity index (χ0) is 32.0. The molecule has 13 heteroatoms. The van der Waals surface area contributed by atoms with E-state index < -0.39 is 22.9 Å². The summed E-state index contributed by atoms with van der Waals surface area (Å²) in [5.41, 5.74) is 0.556. The van der Waals surface area contributed by atoms with Crippen LogP contribution in [0.25, 0.3) is 31.5 Å². The van der Waals surface area contributed by atoms with Gasteiger partial charge < -0.3 is 15.0 Å². The van der Waals surface area contributed by atoms with Crippen LogP contribution in [-0.4, -0.2) is 59.5 Å². The molecule has 6 rings (SSSR count). The Bertz CT molecular complexity index is 2140. The number of hydrogen-bond acceptors (Lipinski definition) is 9. The number of aryl methyl sites for hydroxylation is 2. The molecule has 12 nitrogen and oxygen atoms in total. The summed E-state index contributed by atoms with van der Waals surface area (Å²) in [5.74, 6) is 6.87. The Balaban J connectivity index is 1.41. The maximum absolute atomic E-state index is 14.1. The Hall–Kier alpha value is -4.70. The van der Waals surface area contributed by atoms with Crippen LogP contribution in [0, 0.1) is 18.8 Å². The maximum atomic E-state index is 14.1. The van der Waals surface area contributed by atoms with Crippen molar-refractivity contribution in [1.82, 2.24) is 34.0 Å². The Morgan fingerprint density at radius 3 is 2.69 bits per heavy atom. The highest BCUT2D eigenvalue weighted by Gasteiger charge is 2.29. The summed E-state index contributed by atoms with van der Waals surface area (Å²) < 4.78 is 11.9. The number of nitrogens with zero attached hydrogens (tertiary/aromatic N) is 7. The second-order valence-electron chi connectivity index (χ2n) is 12.3. The highest BCUT2D eigenvalue weighted by atomic mass is 32.1. The number of hydrogen-bond donors (Lipinski definition) is 1. The molecule has 1 N–H and O–H groups in total. The highest BCUT2D eigenvalue weighted by molar-refractivity contribution is 7.25. The molecule has 1 amide bonds. The van der Waals surface area contributed by atoms with Crippen LogP contribution in [0.15, 0.2) is 33.9 Å². The van der Waals surface area contributed by atoms with E-state index in [1.165, 1.54) is 9.13 Å². The molecular formula is C32H36N8O4S. The van der Waals surface area contributed by atoms with Gasteiger partial charge in [-0.3, -0.25) is 18.5 Å². The number of fused-ring (bicyclic) bond motifs is 4. The number of nitrogens with one attached hydrogen (secondary N) is 1. The van der Waals surface area contributed by atoms with Gasteiger partial charge in [0.2, 0.25) is 5.95 Å². The lowest BCUT2D eigenvalue weighted by Crippen LogP contribution is -2.49. The lowest BCUT2D eigenvalue weighted by Gasteiger charge is -2.34. The monoisotopic (exact) mass is 628 g/mol. The van der Waals surface area contributed by atoms with E-state index >= 15 is 0 Å². The van der Waals surface area contributed by atoms with Gasteiger partial charge in [0.25, 0.3) is 5.56 Å². The quantitative estimate of drug-likeness (QED) is 0.290. The van der Waals surface area contributed by atoms with E-state index in [1.54, 1.807) is 29.9 Å². The van der Waals surface area contributed by atoms with Gasteiger partial charge >= 0.3 is 11.8 Å². The molecule has 4 aromatic heterocycles. The minimum Gasteiger partial charge on any atom is -0.444 e. The molecule has 5 heterocycles. The summed E-state index contributed by atoms with van der Waals surface area (Å²) >= 11 is 1.63. The largest absolute Gasteiger partial charge is 0.444 e. The molecule has 0 bridgehead atoms. The number of rotatable bonds is 5. The summed E-state index contributed by atoms with van der Waals surface area (Å²) in [6.45, 7) is 10.4. The third-order valence-corrected chi connectivity index (χ3v) is 9.06. The van der Waals surface area contributed by atoms with Crippen LogP contribution in [0.1, 0.15) is 52.1 Å². The van der Waals surface area contributed by atoms with E-state index in [-0.39, 0.29) is 30.3 Å². The Kier molecular flexibility index (Phi) is 7.86. The van der Waals surface area contributed by atoms with Crippen LogP contribution in [0.3, 0.4) is 0 Å². The van der Waals surface area contributed by atoms with Gasteiger partial charge in [0.1, 0.15) is 11.4 Å². The van der Waals surface area contributed by atoms with Crippen molar-refractivity contribution in [1.29, 1.82) is 0 Å². The summed E-state index contributed by atoms with van der Waals surface area (Å²) in [6, 6.07) is 7.84. The van der Waals surface area contributed by atoms with Crippen LogP contribution in [0.2, 0.25) is 0 Å². The lowest BCUT2D eigenvalue weighted by molar-refractivity contribution is 0.0499. The smallest absolute Gasteiger partial charge is 0.407 e. The zero-order valence-corrected chi connectivity index (χ0v) is 27.1. The number of thiophene rings is 1. The number of anilines is 1. The molecular weight excluding hydrogens is 592 g/mol. The summed E-state index contributed by atoms with van der Waals surface area (Å²) in [4.78, 5) is 56.6. The van der Waals surface area contributed by atoms with E-state index in [2.05, 4.69) is 22.1 Å². The number of carbonyl (C=O) groups excluding carboxylic acids is 1. The van der Waals surface area contributed by atoms with Gasteiger partial charge in [0.05, 0.1) is 29.0 Å². The third-order valence-electron chi connectivity index (χ3n) is 7.79. The van der Waals surface area contributed by atoms with Crippen LogP contribution >= 0.6 is 11.3 Å². The van der Waals surface area contributed by atoms with Crippen molar-refractivity contribution in [3.63, 3.8) is 0 Å². The summed E-state index contributed by atoms with van der Waals surface area (Å²) in [7, 11) is 1.61. The molecule has 1 atom stereocenters. The van der Waals surface area contributed by atoms with Crippen molar-refractivity contribution in [2.45, 2.75) is 72.2 Å². The van der Waals surface area contributed by atoms with Gasteiger partial charge in [-0.25, -0.2) is 19.6 Å². The minimum absolute atomic E-state index is 0.0893. The fraction of sp³-hybridized carbons (Fsp3) is 0.438. The number of imidazole rings is 1. The van der Waals surface area contributed by atoms with Crippen molar-refractivity contribution in [2.75, 3.05) is 18.0 Å². The molecule has 1 aromatic carbocycles. The fourth-order valence-electron chi connectivity index (χ4n) is 5.80. The van der Waals surface area contributed by atoms with Gasteiger partial charge in [-0.15, -0.1) is 17.3 Å². The van der Waals surface area contributed by atoms with Crippen LogP contribution in [0.4, 0.5) is 10.7 Å². The van der Waals surface area contributed by atoms with E-state index in [0.717, 1.165) is 38.8 Å². The molecule has 234 valence electrons. The van der Waals surface area contributed by atoms with E-state index in [0.29, 0.717) is 24.9 Å². The maximum Gasteiger partial charge on any atom is 0.407 e. The Morgan fingerprint density at radius 1 is 1.16 bits per heavy atom. The third kappa shape index (κ3) is 5.78. The normalized spacial score (nSPS) is 15.4. The molecule has 5 aromatic rings. The number of amides is 1. The first kappa shape index (κ1) is 30.3. The van der Waals surface area contributed by atoms with E-state index in [9.17, 15) is 14.4 Å². The first-order chi connectivity index (χ1) is 21.4. The van der Waals surface area contributed by atoms with Crippen LogP contribution < -0.4 is 21.5 Å². The summed E-state index contributed by atoms with van der Waals surface area (Å²) in [5, 5.41) is 3.98. The predicted molar refractivity (Wildman–Crippen MR) is 176 cm³/mol. The SMILES string of the molecule is CC#CCn1c(N2CCC[C@@H](NC(=O)OC(C)(C)C)C2)nc2c1c(=O)n(Cc1nc(C)c3sc4ccccc4c3n1)c(=O)n2C. The Morgan fingerprint density at radius 2 is 1.93 bits per heavy atom. The number of ether oxygens (including phenoxy) is 1. The topological polar surface area (TPSA) is 129 Å². The molecule has 0 radical (unpaired) electrons. The molecule has 0 saturated carbocycles. The van der Waals surface area contributed by atoms with Gasteiger partial charge in [0, 0.05) is 36.3 Å². The van der Waals surface area contributed by atoms with Crippen molar-refractivity contribution in [2.24, 2.45) is 7.05 Å². The first-order valence-electron chi connectivity index (χ1n) is 14.9. The molecule has 45 heavy (non-hydrogen) atoms. The molecule has 0 unspecified atom stereocenters. The number of aromatic nitrogens is 6. The van der Waals surface area contributed by atoms with Crippen molar-refractivity contribution in [3.8, 4) is 11.8 Å². The molecule has 1 fully saturated rings. The van der Waals surface area contributed by atoms with Crippen molar-refractivity contribution in [3.05, 3.63) is 56.6 Å². The second-order valence-corrected chi connectivity index (χ2v) is 13.3. The average Bonchev–Trinajstić information content (AvgIpc) is 3.56. The fourth-order valence-corrected chi connectivity index (χ4v) is 6.89.